The van der Waals surface area contributed by atoms with Crippen molar-refractivity contribution in [2.45, 2.75) is 45.3 Å². The number of ether oxygens (including phenoxy) is 1. The fourth-order valence-corrected chi connectivity index (χ4v) is 3.02. The minimum Gasteiger partial charge on any atom is -0.387 e. The highest BCUT2D eigenvalue weighted by atomic mass is 31.2. The normalized spacial score (nSPS) is 27.9. The lowest BCUT2D eigenvalue weighted by Crippen LogP contribution is -2.33. The van der Waals surface area contributed by atoms with Crippen molar-refractivity contribution in [2.75, 3.05) is 19.9 Å². The van der Waals surface area contributed by atoms with E-state index in [1.165, 1.54) is 13.0 Å². The van der Waals surface area contributed by atoms with E-state index in [2.05, 4.69) is 10.1 Å². The summed E-state index contributed by atoms with van der Waals surface area (Å²) in [6.45, 7) is 5.64. The van der Waals surface area contributed by atoms with E-state index in [9.17, 15) is 19.6 Å². The van der Waals surface area contributed by atoms with Crippen LogP contribution in [-0.4, -0.2) is 69.0 Å². The van der Waals surface area contributed by atoms with Crippen molar-refractivity contribution in [3.63, 3.8) is 0 Å². The number of aliphatic hydroxyl groups excluding tert-OH is 2. The van der Waals surface area contributed by atoms with Crippen LogP contribution in [0.4, 0.5) is 0 Å². The third-order valence-corrected chi connectivity index (χ3v) is 5.16. The average molecular weight is 402 g/mol. The van der Waals surface area contributed by atoms with E-state index in [0.717, 1.165) is 4.68 Å². The van der Waals surface area contributed by atoms with Crippen LogP contribution < -0.4 is 0 Å². The smallest absolute Gasteiger partial charge is 0.328 e. The van der Waals surface area contributed by atoms with Crippen molar-refractivity contribution < 1.29 is 33.4 Å². The number of hydrogen-bond donors (Lipinski definition) is 2. The van der Waals surface area contributed by atoms with Crippen LogP contribution in [0.5, 0.6) is 0 Å². The van der Waals surface area contributed by atoms with Crippen molar-refractivity contribution in [1.82, 2.24) is 14.8 Å². The molecule has 0 aliphatic carbocycles. The molecule has 5 atom stereocenters. The largest absolute Gasteiger partial charge is 0.387 e. The lowest BCUT2D eigenvalue weighted by molar-refractivity contribution is -0.128. The molecule has 1 saturated heterocycles. The quantitative estimate of drug-likeness (QED) is 0.605. The molecule has 0 bridgehead atoms. The van der Waals surface area contributed by atoms with Crippen LogP contribution in [0.2, 0.25) is 0 Å². The van der Waals surface area contributed by atoms with Gasteiger partial charge < -0.3 is 24.0 Å². The van der Waals surface area contributed by atoms with Gasteiger partial charge in [-0.15, -0.1) is 5.10 Å². The van der Waals surface area contributed by atoms with Gasteiger partial charge in [-0.2, -0.15) is 5.26 Å². The van der Waals surface area contributed by atoms with Gasteiger partial charge in [-0.1, -0.05) is 20.8 Å². The molecule has 2 rings (SSSR count). The molecule has 0 saturated carbocycles. The summed E-state index contributed by atoms with van der Waals surface area (Å²) < 4.78 is 29.2. The zero-order valence-corrected chi connectivity index (χ0v) is 16.4. The Morgan fingerprint density at radius 1 is 1.41 bits per heavy atom. The number of aliphatic hydroxyl groups is 2. The molecule has 1 aromatic rings. The third kappa shape index (κ3) is 5.42. The number of nitriles is 1. The van der Waals surface area contributed by atoms with Crippen LogP contribution in [0, 0.1) is 16.7 Å². The van der Waals surface area contributed by atoms with Gasteiger partial charge in [0, 0.05) is 12.1 Å². The zero-order valence-electron chi connectivity index (χ0n) is 15.5. The Hall–Kier alpha value is -1.67. The first-order chi connectivity index (χ1) is 12.4. The van der Waals surface area contributed by atoms with Crippen LogP contribution >= 0.6 is 7.60 Å². The summed E-state index contributed by atoms with van der Waals surface area (Å²) in [5, 5.41) is 32.8. The molecule has 27 heavy (non-hydrogen) atoms. The van der Waals surface area contributed by atoms with Crippen molar-refractivity contribution >= 4 is 13.4 Å². The summed E-state index contributed by atoms with van der Waals surface area (Å²) in [6, 6.07) is 1.74. The molecule has 11 nitrogen and oxygen atoms in total. The van der Waals surface area contributed by atoms with Crippen molar-refractivity contribution in [1.29, 1.82) is 5.26 Å². The van der Waals surface area contributed by atoms with Gasteiger partial charge in [0.1, 0.15) is 37.3 Å². The standard InChI is InChI=1S/C15H23N4O7P/c1-15(2,3)10(20)7-25-27(4,23)24-6-9-12(21)13(22)14(26-9)19-8-17-11(5-16)18-19/h8-9,12-14,21-22H,6-7H2,1-4H3/t9-,12?,13?,14-,27?/m1/s1. The summed E-state index contributed by atoms with van der Waals surface area (Å²) in [7, 11) is -3.58. The van der Waals surface area contributed by atoms with Crippen molar-refractivity contribution in [2.24, 2.45) is 5.41 Å². The van der Waals surface area contributed by atoms with Gasteiger partial charge in [0.05, 0.1) is 6.61 Å². The van der Waals surface area contributed by atoms with Crippen LogP contribution in [0.3, 0.4) is 0 Å². The maximum atomic E-state index is 12.3. The summed E-state index contributed by atoms with van der Waals surface area (Å²) in [6.07, 6.45) is -3.61. The first-order valence-corrected chi connectivity index (χ1v) is 10.2. The minimum absolute atomic E-state index is 0.116. The van der Waals surface area contributed by atoms with E-state index < -0.39 is 37.6 Å². The maximum absolute atomic E-state index is 12.3. The van der Waals surface area contributed by atoms with Gasteiger partial charge in [0.25, 0.3) is 5.82 Å². The Morgan fingerprint density at radius 2 is 2.07 bits per heavy atom. The molecule has 1 fully saturated rings. The van der Waals surface area contributed by atoms with Gasteiger partial charge in [-0.25, -0.2) is 9.67 Å². The SMILES string of the molecule is CC(C)(C)C(=O)COP(C)(=O)OC[C@H]1O[C@@H](n2cnc(C#N)n2)C(O)C1O. The highest BCUT2D eigenvalue weighted by molar-refractivity contribution is 7.53. The molecular weight excluding hydrogens is 379 g/mol. The molecule has 0 radical (unpaired) electrons. The molecule has 2 heterocycles. The molecule has 1 aromatic heterocycles. The van der Waals surface area contributed by atoms with E-state index in [1.807, 2.05) is 0 Å². The third-order valence-electron chi connectivity index (χ3n) is 3.95. The number of aromatic nitrogens is 3. The molecule has 12 heteroatoms. The van der Waals surface area contributed by atoms with Crippen molar-refractivity contribution in [3.05, 3.63) is 12.2 Å². The van der Waals surface area contributed by atoms with Gasteiger partial charge >= 0.3 is 7.60 Å². The summed E-state index contributed by atoms with van der Waals surface area (Å²) in [4.78, 5) is 15.6. The van der Waals surface area contributed by atoms with Crippen molar-refractivity contribution in [3.8, 4) is 6.07 Å². The first kappa shape index (κ1) is 21.6. The molecule has 1 aliphatic heterocycles. The molecule has 0 amide bonds. The second-order valence-electron chi connectivity index (χ2n) is 7.22. The number of ketones is 1. The van der Waals surface area contributed by atoms with E-state index >= 15 is 0 Å². The molecule has 0 aromatic carbocycles. The molecule has 1 aliphatic rings. The Morgan fingerprint density at radius 3 is 2.63 bits per heavy atom. The number of carbonyl (C=O) groups excluding carboxylic acids is 1. The zero-order chi connectivity index (χ0) is 20.4. The lowest BCUT2D eigenvalue weighted by Gasteiger charge is -2.21. The van der Waals surface area contributed by atoms with Crippen LogP contribution in [0.25, 0.3) is 0 Å². The van der Waals surface area contributed by atoms with Gasteiger partial charge in [0.15, 0.2) is 12.0 Å². The van der Waals surface area contributed by atoms with Crippen LogP contribution in [0.15, 0.2) is 6.33 Å². The van der Waals surface area contributed by atoms with Crippen LogP contribution in [-0.2, 0) is 23.1 Å². The molecule has 3 unspecified atom stereocenters. The topological polar surface area (TPSA) is 157 Å². The fraction of sp³-hybridized carbons (Fsp3) is 0.733. The molecular formula is C15H23N4O7P. The maximum Gasteiger partial charge on any atom is 0.328 e. The van der Waals surface area contributed by atoms with Gasteiger partial charge in [0.2, 0.25) is 0 Å². The Bertz CT molecular complexity index is 769. The summed E-state index contributed by atoms with van der Waals surface area (Å²) in [5.74, 6) is -0.352. The lowest BCUT2D eigenvalue weighted by atomic mass is 9.91. The Labute approximate surface area is 156 Å². The number of rotatable bonds is 7. The van der Waals surface area contributed by atoms with Gasteiger partial charge in [-0.05, 0) is 0 Å². The van der Waals surface area contributed by atoms with Gasteiger partial charge in [-0.3, -0.25) is 9.36 Å². The number of Topliss-reactive ketones (excluding diaryl/α,β-unsaturated/α-hetero) is 1. The summed E-state index contributed by atoms with van der Waals surface area (Å²) >= 11 is 0. The number of carbonyl (C=O) groups is 1. The summed E-state index contributed by atoms with van der Waals surface area (Å²) in [5.41, 5.74) is -0.637. The second-order valence-corrected chi connectivity index (χ2v) is 9.28. The van der Waals surface area contributed by atoms with E-state index in [-0.39, 0.29) is 24.8 Å². The van der Waals surface area contributed by atoms with Crippen LogP contribution in [0.1, 0.15) is 32.8 Å². The second kappa shape index (κ2) is 8.14. The molecule has 150 valence electrons. The predicted molar refractivity (Wildman–Crippen MR) is 90.6 cm³/mol. The highest BCUT2D eigenvalue weighted by Crippen LogP contribution is 2.45. The highest BCUT2D eigenvalue weighted by Gasteiger charge is 2.45. The monoisotopic (exact) mass is 402 g/mol. The Balaban J connectivity index is 1.92. The number of nitrogens with zero attached hydrogens (tertiary/aromatic N) is 4. The predicted octanol–water partition coefficient (Wildman–Crippen LogP) is 0.240. The first-order valence-electron chi connectivity index (χ1n) is 8.17. The number of hydrogen-bond acceptors (Lipinski definition) is 10. The minimum atomic E-state index is -3.58. The van der Waals surface area contributed by atoms with E-state index in [4.69, 9.17) is 19.0 Å². The molecule has 2 N–H and O–H groups in total. The fourth-order valence-electron chi connectivity index (χ4n) is 2.17. The molecule has 0 spiro atoms. The van der Waals surface area contributed by atoms with E-state index in [0.29, 0.717) is 0 Å². The Kier molecular flexibility index (Phi) is 6.52. The van der Waals surface area contributed by atoms with E-state index in [1.54, 1.807) is 26.8 Å². The average Bonchev–Trinajstić information content (AvgIpc) is 3.16.